The number of hydrogen-bond donors (Lipinski definition) is 1. The van der Waals surface area contributed by atoms with Crippen molar-refractivity contribution in [1.82, 2.24) is 5.32 Å². The molecule has 0 spiro atoms. The van der Waals surface area contributed by atoms with Gasteiger partial charge in [0.1, 0.15) is 11.9 Å². The van der Waals surface area contributed by atoms with Crippen molar-refractivity contribution in [3.05, 3.63) is 24.0 Å². The van der Waals surface area contributed by atoms with E-state index in [4.69, 9.17) is 9.47 Å². The van der Waals surface area contributed by atoms with Gasteiger partial charge in [-0.25, -0.2) is 9.18 Å². The Labute approximate surface area is 247 Å². The van der Waals surface area contributed by atoms with Gasteiger partial charge in [-0.1, -0.05) is 71.1 Å². The number of amides is 2. The van der Waals surface area contributed by atoms with Crippen LogP contribution in [-0.2, 0) is 14.3 Å². The number of unbranched alkanes of at least 4 members (excludes halogenated alkanes) is 11. The SMILES string of the molecule is CCCCCCCCCCCCCC[N+](C)(C)CC(=O)NC[C@H]1CN(c2ccc(N3CCOCC3)c(F)c2)C(=O)O1. The molecular formula is C32H54FN4O4+. The van der Waals surface area contributed by atoms with Gasteiger partial charge in [-0.2, -0.15) is 0 Å². The van der Waals surface area contributed by atoms with Gasteiger partial charge in [0.15, 0.2) is 6.54 Å². The molecule has 41 heavy (non-hydrogen) atoms. The lowest BCUT2D eigenvalue weighted by Gasteiger charge is -2.29. The van der Waals surface area contributed by atoms with Crippen molar-refractivity contribution in [2.45, 2.75) is 90.1 Å². The maximum atomic E-state index is 14.8. The number of morpholine rings is 1. The van der Waals surface area contributed by atoms with Crippen LogP contribution < -0.4 is 15.1 Å². The van der Waals surface area contributed by atoms with Gasteiger partial charge in [0.2, 0.25) is 0 Å². The van der Waals surface area contributed by atoms with Crippen LogP contribution in [0.1, 0.15) is 84.0 Å². The fourth-order valence-corrected chi connectivity index (χ4v) is 5.70. The summed E-state index contributed by atoms with van der Waals surface area (Å²) in [5, 5.41) is 2.93. The Morgan fingerprint density at radius 2 is 1.59 bits per heavy atom. The van der Waals surface area contributed by atoms with E-state index in [1.165, 1.54) is 81.6 Å². The summed E-state index contributed by atoms with van der Waals surface area (Å²) in [6, 6.07) is 4.82. The number of quaternary nitrogens is 1. The molecule has 1 N–H and O–H groups in total. The highest BCUT2D eigenvalue weighted by Gasteiger charge is 2.33. The highest BCUT2D eigenvalue weighted by Crippen LogP contribution is 2.28. The monoisotopic (exact) mass is 577 g/mol. The highest BCUT2D eigenvalue weighted by molar-refractivity contribution is 5.90. The van der Waals surface area contributed by atoms with Gasteiger partial charge in [-0.3, -0.25) is 9.69 Å². The second-order valence-corrected chi connectivity index (χ2v) is 12.4. The van der Waals surface area contributed by atoms with Gasteiger partial charge in [-0.05, 0) is 31.0 Å². The first-order valence-electron chi connectivity index (χ1n) is 16.0. The molecule has 0 aliphatic carbocycles. The molecule has 1 atom stereocenters. The fraction of sp³-hybridized carbons (Fsp3) is 0.750. The van der Waals surface area contributed by atoms with Crippen molar-refractivity contribution >= 4 is 23.4 Å². The predicted molar refractivity (Wildman–Crippen MR) is 163 cm³/mol. The van der Waals surface area contributed by atoms with Crippen LogP contribution in [0.5, 0.6) is 0 Å². The van der Waals surface area contributed by atoms with Crippen LogP contribution in [0.15, 0.2) is 18.2 Å². The first-order valence-corrected chi connectivity index (χ1v) is 16.0. The van der Waals surface area contributed by atoms with Crippen molar-refractivity contribution in [2.24, 2.45) is 0 Å². The van der Waals surface area contributed by atoms with E-state index in [-0.39, 0.29) is 24.8 Å². The minimum atomic E-state index is -0.522. The topological polar surface area (TPSA) is 71.1 Å². The van der Waals surface area contributed by atoms with E-state index in [1.807, 2.05) is 4.90 Å². The number of carbonyl (C=O) groups is 2. The summed E-state index contributed by atoms with van der Waals surface area (Å²) in [6.45, 7) is 6.54. The zero-order valence-corrected chi connectivity index (χ0v) is 25.8. The normalized spacial score (nSPS) is 17.7. The summed E-state index contributed by atoms with van der Waals surface area (Å²) in [5.74, 6) is -0.425. The van der Waals surface area contributed by atoms with Gasteiger partial charge in [-0.15, -0.1) is 0 Å². The molecule has 0 bridgehead atoms. The lowest BCUT2D eigenvalue weighted by molar-refractivity contribution is -0.882. The smallest absolute Gasteiger partial charge is 0.414 e. The first-order chi connectivity index (χ1) is 19.8. The second kappa shape index (κ2) is 17.5. The maximum Gasteiger partial charge on any atom is 0.414 e. The molecule has 2 heterocycles. The van der Waals surface area contributed by atoms with Gasteiger partial charge in [0.05, 0.1) is 58.3 Å². The third kappa shape index (κ3) is 11.8. The summed E-state index contributed by atoms with van der Waals surface area (Å²) in [5.41, 5.74) is 0.969. The van der Waals surface area contributed by atoms with Gasteiger partial charge in [0, 0.05) is 13.1 Å². The van der Waals surface area contributed by atoms with Crippen molar-refractivity contribution in [1.29, 1.82) is 0 Å². The second-order valence-electron chi connectivity index (χ2n) is 12.4. The van der Waals surface area contributed by atoms with Gasteiger partial charge in [0.25, 0.3) is 5.91 Å². The number of nitrogens with zero attached hydrogens (tertiary/aromatic N) is 3. The number of anilines is 2. The Balaban J connectivity index is 1.28. The molecule has 2 aliphatic heterocycles. The van der Waals surface area contributed by atoms with E-state index in [0.717, 1.165) is 13.0 Å². The highest BCUT2D eigenvalue weighted by atomic mass is 19.1. The summed E-state index contributed by atoms with van der Waals surface area (Å²) in [4.78, 5) is 28.5. The lowest BCUT2D eigenvalue weighted by atomic mass is 10.1. The van der Waals surface area contributed by atoms with Gasteiger partial charge < -0.3 is 24.2 Å². The average Bonchev–Trinajstić information content (AvgIpc) is 3.33. The Bertz CT molecular complexity index is 938. The molecule has 2 saturated heterocycles. The molecule has 2 amide bonds. The van der Waals surface area contributed by atoms with Crippen molar-refractivity contribution in [3.8, 4) is 0 Å². The molecule has 0 radical (unpaired) electrons. The molecule has 1 aromatic carbocycles. The average molecular weight is 578 g/mol. The molecule has 8 nitrogen and oxygen atoms in total. The summed E-state index contributed by atoms with van der Waals surface area (Å²) in [6.07, 6.45) is 14.9. The van der Waals surface area contributed by atoms with Crippen LogP contribution in [0.25, 0.3) is 0 Å². The standard InChI is InChI=1S/C32H53FN4O4/c1-4-5-6-7-8-9-10-11-12-13-14-15-20-37(2,3)26-31(38)34-24-28-25-36(32(39)41-28)27-16-17-30(29(33)23-27)35-18-21-40-22-19-35/h16-17,23,28H,4-15,18-22,24-26H2,1-3H3/p+1/t28-/m0/s1. The number of likely N-dealkylation sites (N-methyl/N-ethyl adjacent to an activating group) is 1. The molecule has 9 heteroatoms. The summed E-state index contributed by atoms with van der Waals surface area (Å²) < 4.78 is 26.3. The summed E-state index contributed by atoms with van der Waals surface area (Å²) >= 11 is 0. The minimum Gasteiger partial charge on any atom is -0.442 e. The van der Waals surface area contributed by atoms with Gasteiger partial charge >= 0.3 is 6.09 Å². The van der Waals surface area contributed by atoms with E-state index < -0.39 is 12.2 Å². The minimum absolute atomic E-state index is 0.0515. The van der Waals surface area contributed by atoms with E-state index >= 15 is 0 Å². The molecule has 2 fully saturated rings. The predicted octanol–water partition coefficient (Wildman–Crippen LogP) is 5.88. The number of hydrogen-bond acceptors (Lipinski definition) is 5. The van der Waals surface area contributed by atoms with Crippen molar-refractivity contribution < 1.29 is 27.9 Å². The third-order valence-electron chi connectivity index (χ3n) is 8.18. The molecule has 0 unspecified atom stereocenters. The third-order valence-corrected chi connectivity index (χ3v) is 8.18. The molecule has 1 aromatic rings. The van der Waals surface area contributed by atoms with E-state index in [0.29, 0.717) is 48.7 Å². The van der Waals surface area contributed by atoms with Crippen LogP contribution in [0.3, 0.4) is 0 Å². The number of rotatable bonds is 19. The van der Waals surface area contributed by atoms with Crippen LogP contribution >= 0.6 is 0 Å². The Morgan fingerprint density at radius 1 is 0.976 bits per heavy atom. The zero-order valence-electron chi connectivity index (χ0n) is 25.8. The van der Waals surface area contributed by atoms with Crippen LogP contribution in [-0.4, -0.2) is 89.2 Å². The molecule has 0 aromatic heterocycles. The number of carbonyl (C=O) groups excluding carboxylic acids is 2. The Hall–Kier alpha value is -2.39. The van der Waals surface area contributed by atoms with Crippen LogP contribution in [0.4, 0.5) is 20.6 Å². The van der Waals surface area contributed by atoms with Crippen LogP contribution in [0.2, 0.25) is 0 Å². The molecular weight excluding hydrogens is 523 g/mol. The molecule has 232 valence electrons. The zero-order chi connectivity index (χ0) is 29.5. The molecule has 0 saturated carbocycles. The quantitative estimate of drug-likeness (QED) is 0.164. The number of halogens is 1. The first kappa shape index (κ1) is 33.1. The number of cyclic esters (lactones) is 1. The molecule has 2 aliphatic rings. The maximum absolute atomic E-state index is 14.8. The van der Waals surface area contributed by atoms with Crippen molar-refractivity contribution in [3.63, 3.8) is 0 Å². The number of nitrogens with one attached hydrogen (secondary N) is 1. The van der Waals surface area contributed by atoms with Crippen LogP contribution in [0, 0.1) is 5.82 Å². The number of benzene rings is 1. The van der Waals surface area contributed by atoms with E-state index in [1.54, 1.807) is 12.1 Å². The Kier molecular flexibility index (Phi) is 14.2. The van der Waals surface area contributed by atoms with E-state index in [9.17, 15) is 14.0 Å². The number of ether oxygens (including phenoxy) is 2. The van der Waals surface area contributed by atoms with E-state index in [2.05, 4.69) is 26.3 Å². The summed E-state index contributed by atoms with van der Waals surface area (Å²) in [7, 11) is 4.18. The lowest BCUT2D eigenvalue weighted by Crippen LogP contribution is -2.49. The fourth-order valence-electron chi connectivity index (χ4n) is 5.70. The Morgan fingerprint density at radius 3 is 2.20 bits per heavy atom. The van der Waals surface area contributed by atoms with Crippen molar-refractivity contribution in [2.75, 3.05) is 76.4 Å². The molecule has 3 rings (SSSR count). The largest absolute Gasteiger partial charge is 0.442 e.